The fourth-order valence-electron chi connectivity index (χ4n) is 1.97. The molecule has 0 amide bonds. The molecule has 0 saturated carbocycles. The van der Waals surface area contributed by atoms with Gasteiger partial charge < -0.3 is 0 Å². The molecule has 0 radical (unpaired) electrons. The Morgan fingerprint density at radius 3 is 2.68 bits per heavy atom. The van der Waals surface area contributed by atoms with Gasteiger partial charge in [0.05, 0.1) is 15.8 Å². The van der Waals surface area contributed by atoms with Gasteiger partial charge in [-0.2, -0.15) is 0 Å². The zero-order valence-electron chi connectivity index (χ0n) is 9.85. The smallest absolute Gasteiger partial charge is 0.288 e. The maximum absolute atomic E-state index is 11.3. The van der Waals surface area contributed by atoms with Crippen LogP contribution in [0.15, 0.2) is 55.0 Å². The van der Waals surface area contributed by atoms with Crippen LogP contribution in [0.25, 0.3) is 10.9 Å². The van der Waals surface area contributed by atoms with Crippen LogP contribution >= 0.6 is 0 Å². The number of nitro groups is 1. The molecule has 0 aliphatic carbocycles. The van der Waals surface area contributed by atoms with Crippen LogP contribution < -0.4 is 5.43 Å². The zero-order valence-corrected chi connectivity index (χ0v) is 9.85. The van der Waals surface area contributed by atoms with Gasteiger partial charge in [0.1, 0.15) is 5.69 Å². The summed E-state index contributed by atoms with van der Waals surface area (Å²) in [7, 11) is 0. The molecule has 1 aromatic carbocycles. The van der Waals surface area contributed by atoms with Crippen LogP contribution in [0.1, 0.15) is 0 Å². The van der Waals surface area contributed by atoms with Gasteiger partial charge in [-0.15, -0.1) is 0 Å². The molecule has 2 aromatic heterocycles. The van der Waals surface area contributed by atoms with Crippen LogP contribution in [-0.2, 0) is 0 Å². The quantitative estimate of drug-likeness (QED) is 0.576. The van der Waals surface area contributed by atoms with E-state index in [-0.39, 0.29) is 5.69 Å². The van der Waals surface area contributed by atoms with Gasteiger partial charge in [0.15, 0.2) is 0 Å². The lowest BCUT2D eigenvalue weighted by Gasteiger charge is -2.09. The third kappa shape index (κ3) is 1.99. The average Bonchev–Trinajstić information content (AvgIpc) is 2.91. The number of nitro benzene ring substituents is 1. The van der Waals surface area contributed by atoms with Crippen LogP contribution in [0, 0.1) is 10.1 Å². The van der Waals surface area contributed by atoms with Gasteiger partial charge in [0.25, 0.3) is 0 Å². The van der Waals surface area contributed by atoms with Crippen molar-refractivity contribution in [1.82, 2.24) is 9.66 Å². The number of fused-ring (bicyclic) bond motifs is 1. The lowest BCUT2D eigenvalue weighted by Crippen LogP contribution is -2.08. The highest BCUT2D eigenvalue weighted by molar-refractivity contribution is 5.94. The van der Waals surface area contributed by atoms with E-state index in [1.54, 1.807) is 47.5 Å². The number of aromatic nitrogens is 2. The van der Waals surface area contributed by atoms with Crippen molar-refractivity contribution < 1.29 is 4.92 Å². The Morgan fingerprint density at radius 1 is 1.16 bits per heavy atom. The van der Waals surface area contributed by atoms with Crippen molar-refractivity contribution >= 4 is 22.3 Å². The van der Waals surface area contributed by atoms with Crippen molar-refractivity contribution in [1.29, 1.82) is 0 Å². The molecule has 1 N–H and O–H groups in total. The molecular weight excluding hydrogens is 244 g/mol. The summed E-state index contributed by atoms with van der Waals surface area (Å²) in [4.78, 5) is 15.0. The summed E-state index contributed by atoms with van der Waals surface area (Å²) in [5.74, 6) is 0. The van der Waals surface area contributed by atoms with Crippen molar-refractivity contribution in [3.05, 3.63) is 65.1 Å². The molecule has 19 heavy (non-hydrogen) atoms. The molecule has 3 rings (SSSR count). The molecule has 0 spiro atoms. The van der Waals surface area contributed by atoms with Crippen molar-refractivity contribution in [3.8, 4) is 0 Å². The van der Waals surface area contributed by atoms with Crippen molar-refractivity contribution in [2.45, 2.75) is 0 Å². The minimum atomic E-state index is -0.393. The molecule has 0 atom stereocenters. The number of pyridine rings is 1. The number of nitrogens with zero attached hydrogens (tertiary/aromatic N) is 3. The second kappa shape index (κ2) is 4.41. The van der Waals surface area contributed by atoms with Gasteiger partial charge in [0.2, 0.25) is 0 Å². The highest BCUT2D eigenvalue weighted by atomic mass is 16.6. The standard InChI is InChI=1S/C13H10N4O2/c18-17(19)13-10-4-3-7-14-11(10)5-6-12(13)15-16-8-1-2-9-16/h1-9,15H. The molecule has 0 fully saturated rings. The van der Waals surface area contributed by atoms with E-state index in [1.807, 2.05) is 12.1 Å². The normalized spacial score (nSPS) is 10.5. The first-order valence-electron chi connectivity index (χ1n) is 5.68. The topological polar surface area (TPSA) is 73.0 Å². The first-order valence-corrected chi connectivity index (χ1v) is 5.68. The van der Waals surface area contributed by atoms with Crippen molar-refractivity contribution in [3.63, 3.8) is 0 Å². The Balaban J connectivity index is 2.18. The van der Waals surface area contributed by atoms with Gasteiger partial charge in [-0.25, -0.2) is 0 Å². The maximum Gasteiger partial charge on any atom is 0.303 e. The average molecular weight is 254 g/mol. The number of nitrogens with one attached hydrogen (secondary N) is 1. The molecule has 6 nitrogen and oxygen atoms in total. The minimum Gasteiger partial charge on any atom is -0.288 e. The highest BCUT2D eigenvalue weighted by Crippen LogP contribution is 2.32. The molecule has 3 aromatic rings. The third-order valence-corrected chi connectivity index (χ3v) is 2.79. The predicted octanol–water partition coefficient (Wildman–Crippen LogP) is 2.82. The summed E-state index contributed by atoms with van der Waals surface area (Å²) in [5, 5.41) is 11.8. The van der Waals surface area contributed by atoms with Crippen molar-refractivity contribution in [2.24, 2.45) is 0 Å². The number of rotatable bonds is 3. The molecular formula is C13H10N4O2. The van der Waals surface area contributed by atoms with Gasteiger partial charge in [-0.3, -0.25) is 25.2 Å². The number of anilines is 1. The van der Waals surface area contributed by atoms with Gasteiger partial charge in [0, 0.05) is 18.6 Å². The highest BCUT2D eigenvalue weighted by Gasteiger charge is 2.18. The summed E-state index contributed by atoms with van der Waals surface area (Å²) < 4.78 is 1.66. The van der Waals surface area contributed by atoms with Crippen LogP contribution in [0.4, 0.5) is 11.4 Å². The molecule has 0 aliphatic heterocycles. The molecule has 6 heteroatoms. The summed E-state index contributed by atoms with van der Waals surface area (Å²) >= 11 is 0. The largest absolute Gasteiger partial charge is 0.303 e. The zero-order chi connectivity index (χ0) is 13.2. The maximum atomic E-state index is 11.3. The summed E-state index contributed by atoms with van der Waals surface area (Å²) in [6.07, 6.45) is 5.17. The van der Waals surface area contributed by atoms with Gasteiger partial charge in [-0.05, 0) is 36.4 Å². The molecule has 0 unspecified atom stereocenters. The molecule has 0 saturated heterocycles. The lowest BCUT2D eigenvalue weighted by molar-refractivity contribution is -0.382. The van der Waals surface area contributed by atoms with E-state index in [0.717, 1.165) is 0 Å². The Bertz CT molecular complexity index is 737. The molecule has 2 heterocycles. The Morgan fingerprint density at radius 2 is 1.95 bits per heavy atom. The van der Waals surface area contributed by atoms with Crippen LogP contribution in [0.3, 0.4) is 0 Å². The SMILES string of the molecule is O=[N+]([O-])c1c(Nn2cccc2)ccc2ncccc12. The summed E-state index contributed by atoms with van der Waals surface area (Å²) in [6, 6.07) is 10.5. The fourth-order valence-corrected chi connectivity index (χ4v) is 1.97. The number of benzene rings is 1. The fraction of sp³-hybridized carbons (Fsp3) is 0. The summed E-state index contributed by atoms with van der Waals surface area (Å²) in [5.41, 5.74) is 4.04. The van der Waals surface area contributed by atoms with E-state index in [9.17, 15) is 10.1 Å². The van der Waals surface area contributed by atoms with Gasteiger partial charge in [-0.1, -0.05) is 0 Å². The first-order chi connectivity index (χ1) is 9.25. The van der Waals surface area contributed by atoms with Gasteiger partial charge >= 0.3 is 5.69 Å². The predicted molar refractivity (Wildman–Crippen MR) is 71.9 cm³/mol. The monoisotopic (exact) mass is 254 g/mol. The Hall–Kier alpha value is -2.89. The van der Waals surface area contributed by atoms with Crippen LogP contribution in [0.2, 0.25) is 0 Å². The van der Waals surface area contributed by atoms with E-state index in [0.29, 0.717) is 16.6 Å². The molecule has 94 valence electrons. The number of hydrogen-bond acceptors (Lipinski definition) is 4. The Labute approximate surface area is 108 Å². The Kier molecular flexibility index (Phi) is 2.60. The molecule has 0 bridgehead atoms. The van der Waals surface area contributed by atoms with E-state index in [2.05, 4.69) is 10.4 Å². The first kappa shape index (κ1) is 11.2. The van der Waals surface area contributed by atoms with E-state index in [1.165, 1.54) is 0 Å². The lowest BCUT2D eigenvalue weighted by atomic mass is 10.1. The van der Waals surface area contributed by atoms with Crippen molar-refractivity contribution in [2.75, 3.05) is 5.43 Å². The second-order valence-electron chi connectivity index (χ2n) is 3.99. The minimum absolute atomic E-state index is 0.0271. The number of hydrogen-bond donors (Lipinski definition) is 1. The molecule has 0 aliphatic rings. The summed E-state index contributed by atoms with van der Waals surface area (Å²) in [6.45, 7) is 0. The second-order valence-corrected chi connectivity index (χ2v) is 3.99. The van der Waals surface area contributed by atoms with E-state index >= 15 is 0 Å². The third-order valence-electron chi connectivity index (χ3n) is 2.79. The van der Waals surface area contributed by atoms with Crippen LogP contribution in [-0.4, -0.2) is 14.6 Å². The van der Waals surface area contributed by atoms with E-state index < -0.39 is 4.92 Å². The van der Waals surface area contributed by atoms with E-state index in [4.69, 9.17) is 0 Å². The van der Waals surface area contributed by atoms with Crippen LogP contribution in [0.5, 0.6) is 0 Å².